The molecule has 49 heavy (non-hydrogen) atoms. The minimum Gasteiger partial charge on any atom is -0.309 e. The predicted octanol–water partition coefficient (Wildman–Crippen LogP) is 10.9. The fourth-order valence-electron chi connectivity index (χ4n) is 7.85. The molecule has 11 aromatic rings. The van der Waals surface area contributed by atoms with E-state index in [1.54, 1.807) is 0 Å². The average molecular weight is 626 g/mol. The van der Waals surface area contributed by atoms with Crippen molar-refractivity contribution in [1.82, 2.24) is 23.5 Å². The summed E-state index contributed by atoms with van der Waals surface area (Å²) in [4.78, 5) is 10.5. The Kier molecular flexibility index (Phi) is 5.32. The summed E-state index contributed by atoms with van der Waals surface area (Å²) < 4.78 is 6.92. The zero-order valence-electron chi connectivity index (χ0n) is 26.3. The van der Waals surface area contributed by atoms with Gasteiger partial charge in [0.25, 0.3) is 0 Å². The second-order valence-electron chi connectivity index (χ2n) is 12.7. The van der Waals surface area contributed by atoms with Crippen molar-refractivity contribution < 1.29 is 0 Å². The molecule has 7 aromatic carbocycles. The molecule has 11 rings (SSSR count). The highest BCUT2D eigenvalue weighted by Crippen LogP contribution is 2.38. The zero-order chi connectivity index (χ0) is 32.1. The van der Waals surface area contributed by atoms with E-state index in [1.165, 1.54) is 32.6 Å². The molecule has 0 unspecified atom stereocenters. The Morgan fingerprint density at radius 1 is 0.347 bits per heavy atom. The number of para-hydroxylation sites is 6. The van der Waals surface area contributed by atoms with Crippen molar-refractivity contribution in [2.75, 3.05) is 0 Å². The van der Waals surface area contributed by atoms with E-state index in [9.17, 15) is 0 Å². The second kappa shape index (κ2) is 9.89. The first kappa shape index (κ1) is 26.4. The van der Waals surface area contributed by atoms with Crippen LogP contribution in [-0.4, -0.2) is 23.5 Å². The van der Waals surface area contributed by atoms with Crippen LogP contribution in [0.3, 0.4) is 0 Å². The van der Waals surface area contributed by atoms with Gasteiger partial charge < -0.3 is 4.57 Å². The third-order valence-corrected chi connectivity index (χ3v) is 10.0. The number of aromatic nitrogens is 5. The number of benzene rings is 7. The van der Waals surface area contributed by atoms with E-state index >= 15 is 0 Å². The van der Waals surface area contributed by atoms with Gasteiger partial charge in [0.05, 0.1) is 38.6 Å². The number of hydrogen-bond donors (Lipinski definition) is 0. The SMILES string of the molecule is c1ccc(-n2c3ccccc3c3ccc(-c4ccc5c6ccccc6n(-c6nc7ccccc7c7nc8ccccc8n67)c5c4)cc32)cc1. The van der Waals surface area contributed by atoms with Crippen molar-refractivity contribution in [3.63, 3.8) is 0 Å². The molecule has 0 aliphatic heterocycles. The van der Waals surface area contributed by atoms with Crippen LogP contribution in [0.4, 0.5) is 0 Å². The smallest absolute Gasteiger partial charge is 0.221 e. The molecule has 0 bridgehead atoms. The Labute approximate surface area is 280 Å². The molecule has 0 aliphatic rings. The first-order valence-corrected chi connectivity index (χ1v) is 16.6. The molecule has 4 aromatic heterocycles. The standard InChI is InChI=1S/C44H27N5/c1-2-12-30(13-3-1)47-38-19-9-5-14-31(38)33-24-22-28(26-41(33)47)29-23-25-34-32-15-6-10-20-39(32)48(42(34)27-29)44-46-36-17-7-4-16-35(36)43-45-37-18-8-11-21-40(37)49(43)44/h1-27H. The van der Waals surface area contributed by atoms with Crippen molar-refractivity contribution in [2.45, 2.75) is 0 Å². The van der Waals surface area contributed by atoms with Crippen molar-refractivity contribution in [1.29, 1.82) is 0 Å². The summed E-state index contributed by atoms with van der Waals surface area (Å²) in [5.41, 5.74) is 11.9. The first-order chi connectivity index (χ1) is 24.3. The highest BCUT2D eigenvalue weighted by molar-refractivity contribution is 6.12. The monoisotopic (exact) mass is 625 g/mol. The summed E-state index contributed by atoms with van der Waals surface area (Å²) in [5, 5.41) is 5.91. The molecule has 0 fully saturated rings. The molecular formula is C44H27N5. The fraction of sp³-hybridized carbons (Fsp3) is 0. The summed E-state index contributed by atoms with van der Waals surface area (Å²) in [6.45, 7) is 0. The van der Waals surface area contributed by atoms with E-state index in [-0.39, 0.29) is 0 Å². The molecule has 0 saturated carbocycles. The van der Waals surface area contributed by atoms with Crippen LogP contribution in [-0.2, 0) is 0 Å². The van der Waals surface area contributed by atoms with Crippen molar-refractivity contribution in [3.8, 4) is 22.8 Å². The molecule has 0 aliphatic carbocycles. The molecule has 228 valence electrons. The molecule has 0 radical (unpaired) electrons. The number of hydrogen-bond acceptors (Lipinski definition) is 2. The Bertz CT molecular complexity index is 3110. The summed E-state index contributed by atoms with van der Waals surface area (Å²) in [6, 6.07) is 58.3. The maximum atomic E-state index is 5.36. The van der Waals surface area contributed by atoms with Gasteiger partial charge in [0.15, 0.2) is 0 Å². The van der Waals surface area contributed by atoms with Crippen LogP contribution in [0.5, 0.6) is 0 Å². The molecule has 0 spiro atoms. The van der Waals surface area contributed by atoms with Gasteiger partial charge in [0.1, 0.15) is 5.65 Å². The van der Waals surface area contributed by atoms with Crippen molar-refractivity contribution in [2.24, 2.45) is 0 Å². The lowest BCUT2D eigenvalue weighted by Crippen LogP contribution is -2.06. The van der Waals surface area contributed by atoms with Crippen molar-refractivity contribution in [3.05, 3.63) is 164 Å². The van der Waals surface area contributed by atoms with Crippen LogP contribution >= 0.6 is 0 Å². The minimum atomic E-state index is 0.824. The van der Waals surface area contributed by atoms with Gasteiger partial charge in [-0.3, -0.25) is 8.97 Å². The van der Waals surface area contributed by atoms with Crippen LogP contribution in [0, 0.1) is 0 Å². The number of imidazole rings is 1. The third-order valence-electron chi connectivity index (χ3n) is 10.0. The highest BCUT2D eigenvalue weighted by Gasteiger charge is 2.20. The lowest BCUT2D eigenvalue weighted by atomic mass is 10.0. The molecule has 0 saturated heterocycles. The molecule has 0 atom stereocenters. The van der Waals surface area contributed by atoms with Crippen LogP contribution in [0.25, 0.3) is 94.0 Å². The lowest BCUT2D eigenvalue weighted by molar-refractivity contribution is 0.979. The lowest BCUT2D eigenvalue weighted by Gasteiger charge is -2.13. The van der Waals surface area contributed by atoms with E-state index in [0.29, 0.717) is 0 Å². The summed E-state index contributed by atoms with van der Waals surface area (Å²) >= 11 is 0. The normalized spacial score (nSPS) is 12.1. The van der Waals surface area contributed by atoms with Gasteiger partial charge in [0, 0.05) is 32.6 Å². The van der Waals surface area contributed by atoms with Gasteiger partial charge in [-0.2, -0.15) is 0 Å². The molecule has 4 heterocycles. The Morgan fingerprint density at radius 2 is 0.857 bits per heavy atom. The van der Waals surface area contributed by atoms with Crippen LogP contribution in [0.15, 0.2) is 164 Å². The van der Waals surface area contributed by atoms with Gasteiger partial charge in [-0.15, -0.1) is 0 Å². The Morgan fingerprint density at radius 3 is 1.55 bits per heavy atom. The summed E-state index contributed by atoms with van der Waals surface area (Å²) in [5.74, 6) is 0.824. The van der Waals surface area contributed by atoms with Crippen molar-refractivity contribution >= 4 is 71.2 Å². The third kappa shape index (κ3) is 3.70. The average Bonchev–Trinajstić information content (AvgIpc) is 3.82. The molecular weight excluding hydrogens is 599 g/mol. The summed E-state index contributed by atoms with van der Waals surface area (Å²) in [6.07, 6.45) is 0. The van der Waals surface area contributed by atoms with Crippen LogP contribution in [0.1, 0.15) is 0 Å². The Balaban J connectivity index is 1.22. The predicted molar refractivity (Wildman–Crippen MR) is 202 cm³/mol. The zero-order valence-corrected chi connectivity index (χ0v) is 26.3. The molecule has 5 nitrogen and oxygen atoms in total. The summed E-state index contributed by atoms with van der Waals surface area (Å²) in [7, 11) is 0. The maximum absolute atomic E-state index is 5.36. The largest absolute Gasteiger partial charge is 0.309 e. The quantitative estimate of drug-likeness (QED) is 0.196. The van der Waals surface area contributed by atoms with Crippen LogP contribution in [0.2, 0.25) is 0 Å². The fourth-order valence-corrected chi connectivity index (χ4v) is 7.85. The number of fused-ring (bicyclic) bond motifs is 11. The second-order valence-corrected chi connectivity index (χ2v) is 12.7. The van der Waals surface area contributed by atoms with Gasteiger partial charge in [-0.05, 0) is 71.8 Å². The first-order valence-electron chi connectivity index (χ1n) is 16.6. The minimum absolute atomic E-state index is 0.824. The van der Waals surface area contributed by atoms with Gasteiger partial charge in [-0.1, -0.05) is 103 Å². The Hall–Kier alpha value is -6.72. The molecule has 0 N–H and O–H groups in total. The van der Waals surface area contributed by atoms with Gasteiger partial charge in [0.2, 0.25) is 5.95 Å². The van der Waals surface area contributed by atoms with E-state index in [0.717, 1.165) is 61.4 Å². The van der Waals surface area contributed by atoms with E-state index < -0.39 is 0 Å². The molecule has 5 heteroatoms. The van der Waals surface area contributed by atoms with E-state index in [2.05, 4.69) is 165 Å². The number of rotatable bonds is 3. The number of nitrogens with zero attached hydrogens (tertiary/aromatic N) is 5. The van der Waals surface area contributed by atoms with E-state index in [4.69, 9.17) is 9.97 Å². The topological polar surface area (TPSA) is 40.0 Å². The van der Waals surface area contributed by atoms with Gasteiger partial charge in [-0.25, -0.2) is 9.97 Å². The maximum Gasteiger partial charge on any atom is 0.221 e. The van der Waals surface area contributed by atoms with Gasteiger partial charge >= 0.3 is 0 Å². The van der Waals surface area contributed by atoms with Crippen LogP contribution < -0.4 is 0 Å². The van der Waals surface area contributed by atoms with E-state index in [1.807, 2.05) is 12.1 Å². The highest BCUT2D eigenvalue weighted by atomic mass is 15.2. The molecule has 0 amide bonds.